The van der Waals surface area contributed by atoms with Gasteiger partial charge in [0.2, 0.25) is 17.7 Å². The number of benzene rings is 2. The third-order valence-corrected chi connectivity index (χ3v) is 5.27. The predicted octanol–water partition coefficient (Wildman–Crippen LogP) is 1.71. The van der Waals surface area contributed by atoms with Crippen LogP contribution in [0.1, 0.15) is 37.4 Å². The quantitative estimate of drug-likeness (QED) is 0.459. The third kappa shape index (κ3) is 5.94. The third-order valence-electron chi connectivity index (χ3n) is 5.27. The number of rotatable bonds is 9. The van der Waals surface area contributed by atoms with Crippen LogP contribution in [0.2, 0.25) is 0 Å². The Morgan fingerprint density at radius 3 is 2.22 bits per heavy atom. The Balaban J connectivity index is 1.43. The van der Waals surface area contributed by atoms with Crippen LogP contribution in [-0.4, -0.2) is 47.2 Å². The van der Waals surface area contributed by atoms with Gasteiger partial charge in [0.15, 0.2) is 0 Å². The fourth-order valence-corrected chi connectivity index (χ4v) is 3.38. The van der Waals surface area contributed by atoms with Crippen LogP contribution < -0.4 is 10.6 Å². The van der Waals surface area contributed by atoms with Gasteiger partial charge in [-0.3, -0.25) is 14.4 Å². The molecule has 0 saturated carbocycles. The van der Waals surface area contributed by atoms with Crippen LogP contribution in [0.25, 0.3) is 0 Å². The van der Waals surface area contributed by atoms with E-state index in [-0.39, 0.29) is 25.1 Å². The zero-order chi connectivity index (χ0) is 23.1. The number of β-lactam (4-membered cyclic amide) rings is 1. The largest absolute Gasteiger partial charge is 0.459 e. The average Bonchev–Trinajstić information content (AvgIpc) is 2.80. The average molecular weight is 437 g/mol. The normalized spacial score (nSPS) is 17.0. The summed E-state index contributed by atoms with van der Waals surface area (Å²) in [4.78, 5) is 50.3. The van der Waals surface area contributed by atoms with E-state index >= 15 is 0 Å². The van der Waals surface area contributed by atoms with E-state index in [4.69, 9.17) is 4.74 Å². The maximum absolute atomic E-state index is 12.4. The number of esters is 1. The smallest absolute Gasteiger partial charge is 0.328 e. The van der Waals surface area contributed by atoms with Gasteiger partial charge in [-0.25, -0.2) is 4.79 Å². The molecule has 1 fully saturated rings. The summed E-state index contributed by atoms with van der Waals surface area (Å²) >= 11 is 0. The Morgan fingerprint density at radius 2 is 1.59 bits per heavy atom. The summed E-state index contributed by atoms with van der Waals surface area (Å²) in [5, 5.41) is 5.11. The van der Waals surface area contributed by atoms with Crippen LogP contribution in [0.5, 0.6) is 0 Å². The Morgan fingerprint density at radius 1 is 0.969 bits per heavy atom. The summed E-state index contributed by atoms with van der Waals surface area (Å²) < 4.78 is 5.21. The summed E-state index contributed by atoms with van der Waals surface area (Å²) in [5.74, 6) is -1.64. The Hall–Kier alpha value is -3.68. The van der Waals surface area contributed by atoms with Crippen molar-refractivity contribution in [2.24, 2.45) is 0 Å². The number of nitrogens with one attached hydrogen (secondary N) is 2. The number of ether oxygens (including phenoxy) is 1. The number of nitrogens with zero attached hydrogens (tertiary/aromatic N) is 1. The van der Waals surface area contributed by atoms with Crippen LogP contribution in [0.3, 0.4) is 0 Å². The van der Waals surface area contributed by atoms with E-state index in [2.05, 4.69) is 10.6 Å². The highest BCUT2D eigenvalue weighted by molar-refractivity contribution is 5.93. The second-order valence-electron chi connectivity index (χ2n) is 7.77. The van der Waals surface area contributed by atoms with Crippen LogP contribution >= 0.6 is 0 Å². The van der Waals surface area contributed by atoms with Crippen molar-refractivity contribution >= 4 is 23.7 Å². The maximum Gasteiger partial charge on any atom is 0.328 e. The lowest BCUT2D eigenvalue weighted by molar-refractivity contribution is -0.150. The summed E-state index contributed by atoms with van der Waals surface area (Å²) in [7, 11) is 0. The van der Waals surface area contributed by atoms with Gasteiger partial charge in [-0.15, -0.1) is 0 Å². The first kappa shape index (κ1) is 23.0. The lowest BCUT2D eigenvalue weighted by Crippen LogP contribution is -2.54. The van der Waals surface area contributed by atoms with Crippen molar-refractivity contribution in [3.63, 3.8) is 0 Å². The maximum atomic E-state index is 12.4. The highest BCUT2D eigenvalue weighted by Crippen LogP contribution is 2.33. The molecule has 8 heteroatoms. The van der Waals surface area contributed by atoms with Gasteiger partial charge in [-0.05, 0) is 25.0 Å². The number of hydrogen-bond donors (Lipinski definition) is 2. The van der Waals surface area contributed by atoms with E-state index in [0.29, 0.717) is 6.42 Å². The van der Waals surface area contributed by atoms with Crippen molar-refractivity contribution in [2.75, 3.05) is 6.54 Å². The number of amides is 3. The van der Waals surface area contributed by atoms with E-state index in [9.17, 15) is 19.2 Å². The molecule has 0 aromatic heterocycles. The first-order valence-corrected chi connectivity index (χ1v) is 10.5. The van der Waals surface area contributed by atoms with E-state index in [0.717, 1.165) is 11.1 Å². The van der Waals surface area contributed by atoms with Crippen LogP contribution in [0.15, 0.2) is 60.7 Å². The zero-order valence-electron chi connectivity index (χ0n) is 18.1. The molecule has 3 atom stereocenters. The SMILES string of the molecule is C[C@H](NC(=O)CN1C(=O)CC1c1ccccc1)C(=O)N[C@@H](C)C(=O)OCc1ccccc1. The van der Waals surface area contributed by atoms with Gasteiger partial charge in [0, 0.05) is 0 Å². The van der Waals surface area contributed by atoms with Gasteiger partial charge >= 0.3 is 5.97 Å². The molecular formula is C24H27N3O5. The monoisotopic (exact) mass is 437 g/mol. The lowest BCUT2D eigenvalue weighted by Gasteiger charge is -2.40. The Labute approximate surface area is 186 Å². The zero-order valence-corrected chi connectivity index (χ0v) is 18.1. The molecule has 3 rings (SSSR count). The van der Waals surface area contributed by atoms with Crippen molar-refractivity contribution in [3.8, 4) is 0 Å². The Bertz CT molecular complexity index is 964. The molecule has 8 nitrogen and oxygen atoms in total. The molecule has 168 valence electrons. The number of likely N-dealkylation sites (tertiary alicyclic amines) is 1. The molecular weight excluding hydrogens is 410 g/mol. The molecule has 0 bridgehead atoms. The van der Waals surface area contributed by atoms with Crippen molar-refractivity contribution in [3.05, 3.63) is 71.8 Å². The van der Waals surface area contributed by atoms with Crippen molar-refractivity contribution in [2.45, 2.75) is 45.0 Å². The first-order valence-electron chi connectivity index (χ1n) is 10.5. The molecule has 3 amide bonds. The molecule has 32 heavy (non-hydrogen) atoms. The van der Waals surface area contributed by atoms with Gasteiger partial charge in [-0.2, -0.15) is 0 Å². The highest BCUT2D eigenvalue weighted by Gasteiger charge is 2.38. The van der Waals surface area contributed by atoms with Crippen LogP contribution in [0.4, 0.5) is 0 Å². The summed E-state index contributed by atoms with van der Waals surface area (Å²) in [6.07, 6.45) is 0.357. The van der Waals surface area contributed by atoms with Gasteiger partial charge < -0.3 is 20.3 Å². The minimum Gasteiger partial charge on any atom is -0.459 e. The number of hydrogen-bond acceptors (Lipinski definition) is 5. The van der Waals surface area contributed by atoms with E-state index in [1.165, 1.54) is 18.7 Å². The van der Waals surface area contributed by atoms with E-state index < -0.39 is 29.9 Å². The van der Waals surface area contributed by atoms with Crippen molar-refractivity contribution in [1.82, 2.24) is 15.5 Å². The second kappa shape index (κ2) is 10.6. The molecule has 1 aliphatic heterocycles. The summed E-state index contributed by atoms with van der Waals surface area (Å²) in [5.41, 5.74) is 1.81. The second-order valence-corrected chi connectivity index (χ2v) is 7.77. The van der Waals surface area contributed by atoms with E-state index in [1.807, 2.05) is 60.7 Å². The molecule has 2 N–H and O–H groups in total. The molecule has 1 unspecified atom stereocenters. The van der Waals surface area contributed by atoms with Crippen LogP contribution in [0, 0.1) is 0 Å². The molecule has 0 radical (unpaired) electrons. The van der Waals surface area contributed by atoms with Crippen molar-refractivity contribution < 1.29 is 23.9 Å². The molecule has 1 aliphatic rings. The van der Waals surface area contributed by atoms with Gasteiger partial charge in [-0.1, -0.05) is 60.7 Å². The summed E-state index contributed by atoms with van der Waals surface area (Å²) in [6, 6.07) is 16.8. The van der Waals surface area contributed by atoms with Crippen LogP contribution in [-0.2, 0) is 30.5 Å². The van der Waals surface area contributed by atoms with E-state index in [1.54, 1.807) is 0 Å². The lowest BCUT2D eigenvalue weighted by atomic mass is 9.94. The fraction of sp³-hybridized carbons (Fsp3) is 0.333. The van der Waals surface area contributed by atoms with Crippen molar-refractivity contribution in [1.29, 1.82) is 0 Å². The summed E-state index contributed by atoms with van der Waals surface area (Å²) in [6.45, 7) is 3.01. The Kier molecular flexibility index (Phi) is 7.59. The minimum atomic E-state index is -0.876. The predicted molar refractivity (Wildman–Crippen MR) is 117 cm³/mol. The minimum absolute atomic E-state index is 0.110. The topological polar surface area (TPSA) is 105 Å². The highest BCUT2D eigenvalue weighted by atomic mass is 16.5. The first-order chi connectivity index (χ1) is 15.3. The molecule has 1 saturated heterocycles. The molecule has 1 heterocycles. The molecule has 2 aromatic rings. The van der Waals surface area contributed by atoms with Gasteiger partial charge in [0.1, 0.15) is 25.2 Å². The molecule has 2 aromatic carbocycles. The fourth-order valence-electron chi connectivity index (χ4n) is 3.38. The molecule has 0 spiro atoms. The number of carbonyl (C=O) groups is 4. The van der Waals surface area contributed by atoms with Gasteiger partial charge in [0.25, 0.3) is 0 Å². The van der Waals surface area contributed by atoms with Gasteiger partial charge in [0.05, 0.1) is 12.5 Å². The number of carbonyl (C=O) groups excluding carboxylic acids is 4. The standard InChI is InChI=1S/C24H27N3O5/c1-16(23(30)26-17(2)24(31)32-15-18-9-5-3-6-10-18)25-21(28)14-27-20(13-22(27)29)19-11-7-4-8-12-19/h3-12,16-17,20H,13-15H2,1-2H3,(H,25,28)(H,26,30)/t16-,17-,20?/m0/s1. The molecule has 0 aliphatic carbocycles.